The second kappa shape index (κ2) is 10.1. The van der Waals surface area contributed by atoms with Gasteiger partial charge in [-0.25, -0.2) is 8.42 Å². The Morgan fingerprint density at radius 1 is 0.970 bits per heavy atom. The van der Waals surface area contributed by atoms with Crippen LogP contribution >= 0.6 is 0 Å². The maximum atomic E-state index is 13.6. The molecule has 33 heavy (non-hydrogen) atoms. The molecule has 6 nitrogen and oxygen atoms in total. The van der Waals surface area contributed by atoms with Gasteiger partial charge in [-0.2, -0.15) is 0 Å². The Hall–Kier alpha value is -3.32. The van der Waals surface area contributed by atoms with E-state index < -0.39 is 15.9 Å². The molecule has 0 spiro atoms. The highest BCUT2D eigenvalue weighted by Crippen LogP contribution is 2.33. The molecule has 1 N–H and O–H groups in total. The van der Waals surface area contributed by atoms with E-state index in [1.165, 1.54) is 24.8 Å². The van der Waals surface area contributed by atoms with Crippen LogP contribution in [0, 0.1) is 20.8 Å². The van der Waals surface area contributed by atoms with Gasteiger partial charge in [0, 0.05) is 0 Å². The van der Waals surface area contributed by atoms with E-state index in [2.05, 4.69) is 5.32 Å². The largest absolute Gasteiger partial charge is 0.495 e. The second-order valence-corrected chi connectivity index (χ2v) is 10.00. The van der Waals surface area contributed by atoms with E-state index in [0.29, 0.717) is 11.4 Å². The summed E-state index contributed by atoms with van der Waals surface area (Å²) in [5.41, 5.74) is 4.42. The first-order valence-corrected chi connectivity index (χ1v) is 12.2. The van der Waals surface area contributed by atoms with Crippen LogP contribution < -0.4 is 14.4 Å². The molecule has 0 saturated carbocycles. The Morgan fingerprint density at radius 2 is 1.67 bits per heavy atom. The normalized spacial score (nSPS) is 12.2. The quantitative estimate of drug-likeness (QED) is 0.522. The van der Waals surface area contributed by atoms with Crippen molar-refractivity contribution in [1.82, 2.24) is 5.32 Å². The van der Waals surface area contributed by atoms with Crippen molar-refractivity contribution in [2.24, 2.45) is 0 Å². The van der Waals surface area contributed by atoms with Gasteiger partial charge in [0.25, 0.3) is 10.0 Å². The van der Waals surface area contributed by atoms with Gasteiger partial charge in [-0.05, 0) is 74.2 Å². The molecule has 1 unspecified atom stereocenters. The Bertz CT molecular complexity index is 1240. The van der Waals surface area contributed by atoms with Crippen molar-refractivity contribution in [3.05, 3.63) is 89.0 Å². The van der Waals surface area contributed by atoms with Gasteiger partial charge in [0.15, 0.2) is 0 Å². The van der Waals surface area contributed by atoms with Crippen molar-refractivity contribution in [1.29, 1.82) is 0 Å². The van der Waals surface area contributed by atoms with Gasteiger partial charge >= 0.3 is 0 Å². The number of hydrogen-bond acceptors (Lipinski definition) is 4. The fourth-order valence-corrected chi connectivity index (χ4v) is 4.99. The lowest BCUT2D eigenvalue weighted by atomic mass is 10.0. The average Bonchev–Trinajstić information content (AvgIpc) is 2.79. The predicted molar refractivity (Wildman–Crippen MR) is 131 cm³/mol. The van der Waals surface area contributed by atoms with E-state index in [-0.39, 0.29) is 17.5 Å². The minimum Gasteiger partial charge on any atom is -0.495 e. The first kappa shape index (κ1) is 24.3. The zero-order valence-corrected chi connectivity index (χ0v) is 20.4. The summed E-state index contributed by atoms with van der Waals surface area (Å²) in [6.07, 6.45) is 0. The zero-order valence-electron chi connectivity index (χ0n) is 19.6. The molecule has 0 aromatic heterocycles. The Kier molecular flexibility index (Phi) is 7.43. The highest BCUT2D eigenvalue weighted by molar-refractivity contribution is 7.92. The summed E-state index contributed by atoms with van der Waals surface area (Å²) in [6.45, 7) is 7.41. The van der Waals surface area contributed by atoms with Gasteiger partial charge in [0.1, 0.15) is 12.3 Å². The van der Waals surface area contributed by atoms with Crippen molar-refractivity contribution in [3.63, 3.8) is 0 Å². The van der Waals surface area contributed by atoms with Gasteiger partial charge in [-0.3, -0.25) is 9.10 Å². The first-order valence-electron chi connectivity index (χ1n) is 10.7. The molecule has 3 aromatic carbocycles. The summed E-state index contributed by atoms with van der Waals surface area (Å²) in [4.78, 5) is 13.2. The maximum absolute atomic E-state index is 13.6. The van der Waals surface area contributed by atoms with Crippen LogP contribution in [0.2, 0.25) is 0 Å². The summed E-state index contributed by atoms with van der Waals surface area (Å²) in [6, 6.07) is 19.0. The number of ether oxygens (including phenoxy) is 1. The van der Waals surface area contributed by atoms with E-state index in [4.69, 9.17) is 4.74 Å². The minimum absolute atomic E-state index is 0.101. The molecule has 0 saturated heterocycles. The van der Waals surface area contributed by atoms with Crippen LogP contribution in [-0.2, 0) is 14.8 Å². The highest BCUT2D eigenvalue weighted by atomic mass is 32.2. The number of anilines is 1. The van der Waals surface area contributed by atoms with Crippen LogP contribution in [0.5, 0.6) is 5.75 Å². The van der Waals surface area contributed by atoms with E-state index in [1.54, 1.807) is 30.3 Å². The van der Waals surface area contributed by atoms with Gasteiger partial charge < -0.3 is 10.1 Å². The van der Waals surface area contributed by atoms with Gasteiger partial charge in [-0.1, -0.05) is 42.5 Å². The smallest absolute Gasteiger partial charge is 0.264 e. The SMILES string of the molecule is COc1ccc(C)cc1N(CC(=O)NC(C)c1ccc(C)c(C)c1)S(=O)(=O)c1ccccc1. The molecule has 0 bridgehead atoms. The number of hydrogen-bond donors (Lipinski definition) is 1. The molecule has 0 aliphatic heterocycles. The highest BCUT2D eigenvalue weighted by Gasteiger charge is 2.30. The molecule has 7 heteroatoms. The van der Waals surface area contributed by atoms with Crippen LogP contribution in [0.1, 0.15) is 35.2 Å². The number of benzene rings is 3. The van der Waals surface area contributed by atoms with E-state index in [0.717, 1.165) is 21.0 Å². The number of aryl methyl sites for hydroxylation is 3. The van der Waals surface area contributed by atoms with Crippen molar-refractivity contribution >= 4 is 21.6 Å². The Balaban J connectivity index is 1.95. The number of carbonyl (C=O) groups excluding carboxylic acids is 1. The minimum atomic E-state index is -4.02. The third-order valence-electron chi connectivity index (χ3n) is 5.63. The molecule has 3 aromatic rings. The molecule has 1 atom stereocenters. The molecule has 0 heterocycles. The summed E-state index contributed by atoms with van der Waals surface area (Å²) in [5, 5.41) is 2.93. The molecule has 0 fully saturated rings. The number of carbonyl (C=O) groups is 1. The molecular weight excluding hydrogens is 436 g/mol. The van der Waals surface area contributed by atoms with Crippen LogP contribution in [0.25, 0.3) is 0 Å². The van der Waals surface area contributed by atoms with E-state index in [9.17, 15) is 13.2 Å². The fourth-order valence-electron chi connectivity index (χ4n) is 3.55. The lowest BCUT2D eigenvalue weighted by Crippen LogP contribution is -2.41. The summed E-state index contributed by atoms with van der Waals surface area (Å²) >= 11 is 0. The number of nitrogens with one attached hydrogen (secondary N) is 1. The molecule has 0 aliphatic rings. The van der Waals surface area contributed by atoms with Crippen LogP contribution in [0.3, 0.4) is 0 Å². The molecule has 3 rings (SSSR count). The van der Waals surface area contributed by atoms with Crippen molar-refractivity contribution in [3.8, 4) is 5.75 Å². The van der Waals surface area contributed by atoms with Gasteiger partial charge in [-0.15, -0.1) is 0 Å². The third kappa shape index (κ3) is 5.54. The van der Waals surface area contributed by atoms with Crippen molar-refractivity contribution < 1.29 is 17.9 Å². The van der Waals surface area contributed by atoms with E-state index >= 15 is 0 Å². The maximum Gasteiger partial charge on any atom is 0.264 e. The van der Waals surface area contributed by atoms with Crippen LogP contribution in [0.4, 0.5) is 5.69 Å². The monoisotopic (exact) mass is 466 g/mol. The number of methoxy groups -OCH3 is 1. The fraction of sp³-hybridized carbons (Fsp3) is 0.269. The standard InChI is InChI=1S/C26H30N2O4S/c1-18-11-14-25(32-5)24(15-18)28(33(30,31)23-9-7-6-8-10-23)17-26(29)27-21(4)22-13-12-19(2)20(3)16-22/h6-16,21H,17H2,1-5H3,(H,27,29). The van der Waals surface area contributed by atoms with E-state index in [1.807, 2.05) is 52.0 Å². The summed E-state index contributed by atoms with van der Waals surface area (Å²) in [7, 11) is -2.54. The number of nitrogens with zero attached hydrogens (tertiary/aromatic N) is 1. The molecule has 174 valence electrons. The summed E-state index contributed by atoms with van der Waals surface area (Å²) < 4.78 is 33.7. The topological polar surface area (TPSA) is 75.7 Å². The molecule has 0 radical (unpaired) electrons. The lowest BCUT2D eigenvalue weighted by molar-refractivity contribution is -0.120. The van der Waals surface area contributed by atoms with Crippen molar-refractivity contribution in [2.45, 2.75) is 38.6 Å². The Labute approximate surface area is 196 Å². The van der Waals surface area contributed by atoms with Gasteiger partial charge in [0.05, 0.1) is 23.7 Å². The number of sulfonamides is 1. The summed E-state index contributed by atoms with van der Waals surface area (Å²) in [5.74, 6) is -0.0427. The second-order valence-electron chi connectivity index (χ2n) is 8.13. The first-order chi connectivity index (χ1) is 15.6. The van der Waals surface area contributed by atoms with Crippen LogP contribution in [-0.4, -0.2) is 28.0 Å². The number of amides is 1. The molecular formula is C26H30N2O4S. The average molecular weight is 467 g/mol. The molecule has 1 amide bonds. The van der Waals surface area contributed by atoms with Crippen molar-refractivity contribution in [2.75, 3.05) is 18.0 Å². The zero-order chi connectivity index (χ0) is 24.2. The van der Waals surface area contributed by atoms with Gasteiger partial charge in [0.2, 0.25) is 5.91 Å². The van der Waals surface area contributed by atoms with Crippen LogP contribution in [0.15, 0.2) is 71.6 Å². The predicted octanol–water partition coefficient (Wildman–Crippen LogP) is 4.69. The lowest BCUT2D eigenvalue weighted by Gasteiger charge is -2.27. The Morgan fingerprint density at radius 3 is 2.30 bits per heavy atom. The number of rotatable bonds is 8. The molecule has 0 aliphatic carbocycles. The third-order valence-corrected chi connectivity index (χ3v) is 7.40.